The molecule has 210 valence electrons. The lowest BCUT2D eigenvalue weighted by Crippen LogP contribution is -2.52. The topological polar surface area (TPSA) is 123 Å². The van der Waals surface area contributed by atoms with Crippen LogP contribution in [0.1, 0.15) is 60.8 Å². The largest absolute Gasteiger partial charge is 0.490 e. The number of hydrogen-bond donors (Lipinski definition) is 4. The normalized spacial score (nSPS) is 20.1. The van der Waals surface area contributed by atoms with Gasteiger partial charge < -0.3 is 20.7 Å². The molecular formula is C27H33F3N6O3. The van der Waals surface area contributed by atoms with Gasteiger partial charge in [0, 0.05) is 24.3 Å². The fourth-order valence-corrected chi connectivity index (χ4v) is 4.88. The van der Waals surface area contributed by atoms with Crippen LogP contribution < -0.4 is 10.6 Å². The number of aromatic nitrogens is 3. The third-order valence-electron chi connectivity index (χ3n) is 7.37. The van der Waals surface area contributed by atoms with Crippen LogP contribution in [0.15, 0.2) is 30.5 Å². The van der Waals surface area contributed by atoms with E-state index in [0.717, 1.165) is 41.9 Å². The summed E-state index contributed by atoms with van der Waals surface area (Å²) in [4.78, 5) is 37.0. The Morgan fingerprint density at radius 3 is 2.38 bits per heavy atom. The number of halogens is 3. The summed E-state index contributed by atoms with van der Waals surface area (Å²) < 4.78 is 31.7. The Morgan fingerprint density at radius 2 is 1.79 bits per heavy atom. The summed E-state index contributed by atoms with van der Waals surface area (Å²) >= 11 is 0. The first-order valence-electron chi connectivity index (χ1n) is 12.9. The molecule has 1 aliphatic heterocycles. The molecule has 3 aromatic rings. The molecule has 9 nitrogen and oxygen atoms in total. The maximum atomic E-state index is 12.6. The number of carbonyl (C=O) groups excluding carboxylic acids is 1. The first-order chi connectivity index (χ1) is 18.4. The number of urea groups is 1. The van der Waals surface area contributed by atoms with Gasteiger partial charge in [-0.2, -0.15) is 13.2 Å². The maximum absolute atomic E-state index is 12.6. The van der Waals surface area contributed by atoms with Crippen LogP contribution in [-0.2, 0) is 4.79 Å². The summed E-state index contributed by atoms with van der Waals surface area (Å²) in [6.07, 6.45) is 2.23. The molecule has 1 aliphatic carbocycles. The van der Waals surface area contributed by atoms with Crippen molar-refractivity contribution in [3.8, 4) is 0 Å². The molecule has 5 rings (SSSR count). The molecule has 2 fully saturated rings. The van der Waals surface area contributed by atoms with Gasteiger partial charge in [-0.3, -0.25) is 9.88 Å². The highest BCUT2D eigenvalue weighted by molar-refractivity contribution is 5.89. The molecule has 0 unspecified atom stereocenters. The number of anilines is 1. The smallest absolute Gasteiger partial charge is 0.475 e. The van der Waals surface area contributed by atoms with E-state index in [1.807, 2.05) is 19.1 Å². The number of nitrogens with zero attached hydrogens (tertiary/aromatic N) is 3. The van der Waals surface area contributed by atoms with Crippen molar-refractivity contribution >= 4 is 28.7 Å². The molecule has 2 amide bonds. The van der Waals surface area contributed by atoms with E-state index < -0.39 is 12.1 Å². The van der Waals surface area contributed by atoms with Crippen molar-refractivity contribution < 1.29 is 27.9 Å². The number of aryl methyl sites for hydroxylation is 3. The summed E-state index contributed by atoms with van der Waals surface area (Å²) in [5.74, 6) is -1.74. The molecule has 2 aromatic heterocycles. The maximum Gasteiger partial charge on any atom is 0.490 e. The second kappa shape index (κ2) is 11.6. The molecule has 0 spiro atoms. The number of carboxylic acid groups (broad SMARTS) is 1. The summed E-state index contributed by atoms with van der Waals surface area (Å²) in [5.41, 5.74) is 6.29. The third-order valence-corrected chi connectivity index (χ3v) is 7.37. The van der Waals surface area contributed by atoms with Crippen molar-refractivity contribution in [1.82, 2.24) is 25.2 Å². The molecule has 0 bridgehead atoms. The van der Waals surface area contributed by atoms with Crippen LogP contribution in [0.4, 0.5) is 23.7 Å². The van der Waals surface area contributed by atoms with E-state index in [1.54, 1.807) is 6.20 Å². The molecule has 2 atom stereocenters. The Labute approximate surface area is 224 Å². The molecule has 1 aromatic carbocycles. The number of aromatic amines is 1. The monoisotopic (exact) mass is 546 g/mol. The first kappa shape index (κ1) is 28.3. The second-order valence-electron chi connectivity index (χ2n) is 10.2. The Balaban J connectivity index is 0.000000448. The number of pyridine rings is 1. The van der Waals surface area contributed by atoms with E-state index in [1.165, 1.54) is 30.4 Å². The molecule has 39 heavy (non-hydrogen) atoms. The summed E-state index contributed by atoms with van der Waals surface area (Å²) in [6, 6.07) is 8.88. The van der Waals surface area contributed by atoms with Gasteiger partial charge in [-0.05, 0) is 81.8 Å². The minimum atomic E-state index is -5.08. The number of imidazole rings is 1. The highest BCUT2D eigenvalue weighted by Crippen LogP contribution is 2.38. The Kier molecular flexibility index (Phi) is 8.43. The zero-order valence-corrected chi connectivity index (χ0v) is 22.1. The van der Waals surface area contributed by atoms with Gasteiger partial charge in [0.15, 0.2) is 0 Å². The van der Waals surface area contributed by atoms with Crippen molar-refractivity contribution in [2.75, 3.05) is 11.9 Å². The van der Waals surface area contributed by atoms with Crippen LogP contribution in [0.25, 0.3) is 11.0 Å². The number of H-pyrrole nitrogens is 1. The number of likely N-dealkylation sites (tertiary alicyclic amines) is 1. The van der Waals surface area contributed by atoms with Crippen LogP contribution in [0.2, 0.25) is 0 Å². The van der Waals surface area contributed by atoms with Gasteiger partial charge in [-0.1, -0.05) is 6.42 Å². The summed E-state index contributed by atoms with van der Waals surface area (Å²) in [7, 11) is 0. The quantitative estimate of drug-likeness (QED) is 0.348. The lowest BCUT2D eigenvalue weighted by Gasteiger charge is -2.46. The van der Waals surface area contributed by atoms with E-state index in [2.05, 4.69) is 51.5 Å². The fraction of sp³-hybridized carbons (Fsp3) is 0.481. The predicted octanol–water partition coefficient (Wildman–Crippen LogP) is 5.40. The van der Waals surface area contributed by atoms with E-state index in [4.69, 9.17) is 14.9 Å². The lowest BCUT2D eigenvalue weighted by molar-refractivity contribution is -0.192. The highest BCUT2D eigenvalue weighted by Gasteiger charge is 2.39. The van der Waals surface area contributed by atoms with Crippen molar-refractivity contribution in [2.24, 2.45) is 0 Å². The fourth-order valence-electron chi connectivity index (χ4n) is 4.88. The molecule has 12 heteroatoms. The van der Waals surface area contributed by atoms with Crippen molar-refractivity contribution in [2.45, 2.75) is 77.2 Å². The van der Waals surface area contributed by atoms with Gasteiger partial charge in [0.2, 0.25) is 0 Å². The Hall–Kier alpha value is -3.67. The van der Waals surface area contributed by atoms with E-state index in [9.17, 15) is 18.0 Å². The first-order valence-corrected chi connectivity index (χ1v) is 12.9. The second-order valence-corrected chi connectivity index (χ2v) is 10.2. The zero-order valence-electron chi connectivity index (χ0n) is 22.1. The minimum absolute atomic E-state index is 0.103. The van der Waals surface area contributed by atoms with Gasteiger partial charge in [0.05, 0.1) is 29.0 Å². The minimum Gasteiger partial charge on any atom is -0.475 e. The van der Waals surface area contributed by atoms with Gasteiger partial charge in [-0.15, -0.1) is 0 Å². The van der Waals surface area contributed by atoms with Gasteiger partial charge in [0.25, 0.3) is 0 Å². The van der Waals surface area contributed by atoms with Crippen molar-refractivity contribution in [3.05, 3.63) is 53.1 Å². The number of carboxylic acids is 1. The van der Waals surface area contributed by atoms with Crippen molar-refractivity contribution in [1.29, 1.82) is 0 Å². The standard InChI is InChI=1S/C25H32N6O.C2HF3O2/c1-15-11-21-22(12-16(15)2)30-24(29-21)23-13-18(9-10-31(23)20-5-4-6-20)27-25(32)28-19-8-7-17(3)26-14-19;3-2(4,5)1(6)7/h7-8,11-12,14,18,20,23H,4-6,9-10,13H2,1-3H3,(H,29,30)(H2,27,28,32);(H,6,7)/t18-,23-;/m1./s1. The Bertz CT molecular complexity index is 1280. The number of piperidine rings is 1. The van der Waals surface area contributed by atoms with Crippen LogP contribution in [0.3, 0.4) is 0 Å². The molecule has 1 saturated carbocycles. The average Bonchev–Trinajstić information content (AvgIpc) is 3.23. The highest BCUT2D eigenvalue weighted by atomic mass is 19.4. The van der Waals surface area contributed by atoms with Crippen LogP contribution in [0, 0.1) is 20.8 Å². The number of rotatable bonds is 4. The van der Waals surface area contributed by atoms with E-state index in [-0.39, 0.29) is 18.1 Å². The number of benzene rings is 1. The van der Waals surface area contributed by atoms with Gasteiger partial charge >= 0.3 is 18.2 Å². The van der Waals surface area contributed by atoms with Crippen LogP contribution in [-0.4, -0.2) is 61.8 Å². The van der Waals surface area contributed by atoms with Gasteiger partial charge in [-0.25, -0.2) is 14.6 Å². The number of carbonyl (C=O) groups is 2. The molecule has 2 aliphatic rings. The molecule has 0 radical (unpaired) electrons. The van der Waals surface area contributed by atoms with Gasteiger partial charge in [0.1, 0.15) is 5.82 Å². The third kappa shape index (κ3) is 7.05. The van der Waals surface area contributed by atoms with Crippen molar-refractivity contribution in [3.63, 3.8) is 0 Å². The van der Waals surface area contributed by atoms with E-state index in [0.29, 0.717) is 11.7 Å². The Morgan fingerprint density at radius 1 is 1.10 bits per heavy atom. The lowest BCUT2D eigenvalue weighted by atomic mass is 9.86. The molecule has 3 heterocycles. The number of nitrogens with one attached hydrogen (secondary N) is 3. The zero-order chi connectivity index (χ0) is 28.3. The number of hydrogen-bond acceptors (Lipinski definition) is 5. The molecule has 1 saturated heterocycles. The number of amides is 2. The number of aliphatic carboxylic acids is 1. The molecular weight excluding hydrogens is 513 g/mol. The SMILES string of the molecule is Cc1ccc(NC(=O)N[C@@H]2CCN(C3CCC3)[C@@H](c3nc4cc(C)c(C)cc4[nH]3)C2)cn1.O=C(O)C(F)(F)F. The summed E-state index contributed by atoms with van der Waals surface area (Å²) in [6.45, 7) is 7.17. The predicted molar refractivity (Wildman–Crippen MR) is 140 cm³/mol. The van der Waals surface area contributed by atoms with Crippen LogP contribution >= 0.6 is 0 Å². The molecule has 4 N–H and O–H groups in total. The average molecular weight is 547 g/mol. The van der Waals surface area contributed by atoms with E-state index >= 15 is 0 Å². The number of fused-ring (bicyclic) bond motifs is 1. The number of alkyl halides is 3. The summed E-state index contributed by atoms with van der Waals surface area (Å²) in [5, 5.41) is 13.2. The van der Waals surface area contributed by atoms with Crippen LogP contribution in [0.5, 0.6) is 0 Å².